The predicted molar refractivity (Wildman–Crippen MR) is 50.7 cm³/mol. The highest BCUT2D eigenvalue weighted by atomic mass is 16.5. The molecule has 0 aromatic heterocycles. The average Bonchev–Trinajstić information content (AvgIpc) is 2.16. The zero-order chi connectivity index (χ0) is 9.73. The second-order valence-corrected chi connectivity index (χ2v) is 3.80. The third-order valence-corrected chi connectivity index (χ3v) is 2.77. The topological polar surface area (TPSA) is 38.7 Å². The molecule has 1 aliphatic rings. The zero-order valence-electron chi connectivity index (χ0n) is 8.58. The summed E-state index contributed by atoms with van der Waals surface area (Å²) < 4.78 is 10.5. The number of hydrogen-bond donors (Lipinski definition) is 1. The first-order chi connectivity index (χ1) is 6.20. The molecule has 0 atom stereocenters. The van der Waals surface area contributed by atoms with Crippen molar-refractivity contribution >= 4 is 0 Å². The zero-order valence-corrected chi connectivity index (χ0v) is 8.58. The van der Waals surface area contributed by atoms with E-state index in [0.29, 0.717) is 19.3 Å². The lowest BCUT2D eigenvalue weighted by Gasteiger charge is -2.35. The molecular weight excluding hydrogens is 168 g/mol. The standard InChI is InChI=1S/C10H20O3/c1-3-13-8-10(11)6-4-9(12-2)5-7-10/h9,11H,3-8H2,1-2H3. The number of rotatable bonds is 4. The van der Waals surface area contributed by atoms with E-state index in [1.807, 2.05) is 6.92 Å². The third kappa shape index (κ3) is 3.25. The minimum absolute atomic E-state index is 0.335. The summed E-state index contributed by atoms with van der Waals surface area (Å²) in [4.78, 5) is 0. The number of aliphatic hydroxyl groups is 1. The second-order valence-electron chi connectivity index (χ2n) is 3.80. The molecule has 0 heterocycles. The smallest absolute Gasteiger partial charge is 0.0882 e. The van der Waals surface area contributed by atoms with Crippen molar-refractivity contribution in [2.45, 2.75) is 44.3 Å². The molecule has 1 aliphatic carbocycles. The molecule has 0 saturated heterocycles. The minimum Gasteiger partial charge on any atom is -0.387 e. The van der Waals surface area contributed by atoms with Crippen molar-refractivity contribution in [1.82, 2.24) is 0 Å². The van der Waals surface area contributed by atoms with Crippen molar-refractivity contribution in [3.8, 4) is 0 Å². The summed E-state index contributed by atoms with van der Waals surface area (Å²) in [6.45, 7) is 3.10. The van der Waals surface area contributed by atoms with Crippen LogP contribution in [0.4, 0.5) is 0 Å². The van der Waals surface area contributed by atoms with E-state index in [0.717, 1.165) is 25.7 Å². The van der Waals surface area contributed by atoms with Crippen LogP contribution in [0, 0.1) is 0 Å². The summed E-state index contributed by atoms with van der Waals surface area (Å²) in [7, 11) is 1.73. The Labute approximate surface area is 80.0 Å². The molecule has 13 heavy (non-hydrogen) atoms. The van der Waals surface area contributed by atoms with Crippen LogP contribution in [0.15, 0.2) is 0 Å². The van der Waals surface area contributed by atoms with Crippen molar-refractivity contribution in [1.29, 1.82) is 0 Å². The van der Waals surface area contributed by atoms with E-state index in [2.05, 4.69) is 0 Å². The summed E-state index contributed by atoms with van der Waals surface area (Å²) in [5.74, 6) is 0. The van der Waals surface area contributed by atoms with Gasteiger partial charge in [-0.2, -0.15) is 0 Å². The lowest BCUT2D eigenvalue weighted by molar-refractivity contribution is -0.0895. The van der Waals surface area contributed by atoms with Crippen LogP contribution in [0.1, 0.15) is 32.6 Å². The van der Waals surface area contributed by atoms with Gasteiger partial charge in [-0.1, -0.05) is 0 Å². The Balaban J connectivity index is 2.28. The first-order valence-electron chi connectivity index (χ1n) is 5.03. The van der Waals surface area contributed by atoms with Gasteiger partial charge in [0.2, 0.25) is 0 Å². The van der Waals surface area contributed by atoms with Gasteiger partial charge in [0.25, 0.3) is 0 Å². The van der Waals surface area contributed by atoms with Gasteiger partial charge < -0.3 is 14.6 Å². The molecule has 0 amide bonds. The molecule has 3 nitrogen and oxygen atoms in total. The Hall–Kier alpha value is -0.120. The van der Waals surface area contributed by atoms with Gasteiger partial charge in [-0.3, -0.25) is 0 Å². The Morgan fingerprint density at radius 3 is 2.46 bits per heavy atom. The van der Waals surface area contributed by atoms with Crippen LogP contribution < -0.4 is 0 Å². The lowest BCUT2D eigenvalue weighted by Crippen LogP contribution is -2.40. The molecule has 1 saturated carbocycles. The number of ether oxygens (including phenoxy) is 2. The van der Waals surface area contributed by atoms with Gasteiger partial charge in [0.05, 0.1) is 18.3 Å². The van der Waals surface area contributed by atoms with Gasteiger partial charge in [-0.15, -0.1) is 0 Å². The van der Waals surface area contributed by atoms with E-state index < -0.39 is 5.60 Å². The molecule has 78 valence electrons. The van der Waals surface area contributed by atoms with Gasteiger partial charge in [-0.05, 0) is 32.6 Å². The maximum atomic E-state index is 10.0. The molecule has 3 heteroatoms. The Kier molecular flexibility index (Phi) is 4.16. The predicted octanol–water partition coefficient (Wildman–Crippen LogP) is 1.34. The van der Waals surface area contributed by atoms with Gasteiger partial charge in [0.15, 0.2) is 0 Å². The largest absolute Gasteiger partial charge is 0.387 e. The highest BCUT2D eigenvalue weighted by Crippen LogP contribution is 2.29. The SMILES string of the molecule is CCOCC1(O)CCC(OC)CC1. The summed E-state index contributed by atoms with van der Waals surface area (Å²) in [6.07, 6.45) is 3.82. The Morgan fingerprint density at radius 2 is 2.00 bits per heavy atom. The molecule has 0 spiro atoms. The molecule has 0 aliphatic heterocycles. The first kappa shape index (κ1) is 11.0. The second kappa shape index (κ2) is 4.94. The first-order valence-corrected chi connectivity index (χ1v) is 5.03. The summed E-state index contributed by atoms with van der Waals surface area (Å²) >= 11 is 0. The van der Waals surface area contributed by atoms with Crippen molar-refractivity contribution in [2.24, 2.45) is 0 Å². The molecule has 0 bridgehead atoms. The Bertz CT molecular complexity index is 139. The lowest BCUT2D eigenvalue weighted by atomic mass is 9.84. The van der Waals surface area contributed by atoms with Crippen molar-refractivity contribution < 1.29 is 14.6 Å². The van der Waals surface area contributed by atoms with Crippen LogP contribution in [-0.4, -0.2) is 37.1 Å². The van der Waals surface area contributed by atoms with Crippen LogP contribution in [-0.2, 0) is 9.47 Å². The molecule has 0 unspecified atom stereocenters. The summed E-state index contributed by atoms with van der Waals surface area (Å²) in [5.41, 5.74) is -0.592. The quantitative estimate of drug-likeness (QED) is 0.723. The van der Waals surface area contributed by atoms with Crippen LogP contribution in [0.25, 0.3) is 0 Å². The minimum atomic E-state index is -0.592. The fourth-order valence-electron chi connectivity index (χ4n) is 1.80. The van der Waals surface area contributed by atoms with Crippen molar-refractivity contribution in [3.05, 3.63) is 0 Å². The monoisotopic (exact) mass is 188 g/mol. The van der Waals surface area contributed by atoms with Crippen molar-refractivity contribution in [3.63, 3.8) is 0 Å². The van der Waals surface area contributed by atoms with Gasteiger partial charge >= 0.3 is 0 Å². The highest BCUT2D eigenvalue weighted by Gasteiger charge is 2.33. The maximum absolute atomic E-state index is 10.0. The van der Waals surface area contributed by atoms with E-state index in [9.17, 15) is 5.11 Å². The average molecular weight is 188 g/mol. The molecule has 1 rings (SSSR count). The van der Waals surface area contributed by atoms with E-state index in [1.54, 1.807) is 7.11 Å². The molecule has 1 fully saturated rings. The molecule has 1 N–H and O–H groups in total. The van der Waals surface area contributed by atoms with E-state index in [1.165, 1.54) is 0 Å². The van der Waals surface area contributed by atoms with Crippen LogP contribution in [0.2, 0.25) is 0 Å². The van der Waals surface area contributed by atoms with Crippen molar-refractivity contribution in [2.75, 3.05) is 20.3 Å². The number of hydrogen-bond acceptors (Lipinski definition) is 3. The van der Waals surface area contributed by atoms with E-state index >= 15 is 0 Å². The van der Waals surface area contributed by atoms with E-state index in [-0.39, 0.29) is 0 Å². The normalized spacial score (nSPS) is 34.8. The highest BCUT2D eigenvalue weighted by molar-refractivity contribution is 4.85. The molecule has 0 radical (unpaired) electrons. The molecular formula is C10H20O3. The third-order valence-electron chi connectivity index (χ3n) is 2.77. The fraction of sp³-hybridized carbons (Fsp3) is 1.00. The molecule has 0 aromatic rings. The van der Waals surface area contributed by atoms with E-state index in [4.69, 9.17) is 9.47 Å². The van der Waals surface area contributed by atoms with Crippen LogP contribution in [0.3, 0.4) is 0 Å². The van der Waals surface area contributed by atoms with Crippen LogP contribution >= 0.6 is 0 Å². The molecule has 0 aromatic carbocycles. The van der Waals surface area contributed by atoms with Gasteiger partial charge in [0, 0.05) is 13.7 Å². The van der Waals surface area contributed by atoms with Gasteiger partial charge in [0.1, 0.15) is 0 Å². The summed E-state index contributed by atoms with van der Waals surface area (Å²) in [5, 5.41) is 10.0. The number of methoxy groups -OCH3 is 1. The maximum Gasteiger partial charge on any atom is 0.0882 e. The van der Waals surface area contributed by atoms with Crippen LogP contribution in [0.5, 0.6) is 0 Å². The summed E-state index contributed by atoms with van der Waals surface area (Å²) in [6, 6.07) is 0. The van der Waals surface area contributed by atoms with Gasteiger partial charge in [-0.25, -0.2) is 0 Å². The fourth-order valence-corrected chi connectivity index (χ4v) is 1.80. The Morgan fingerprint density at radius 1 is 1.38 bits per heavy atom.